The SMILES string of the molecule is C[C](C)=[Zr+2].OCCOc1ccc[cH-]1.[Cl-].[Cl-].c1ccc2c(c1)[cH-]c1ccccc12. The number of hydrogen-bond acceptors (Lipinski definition) is 2. The smallest absolute Gasteiger partial charge is 0.108 e. The molecule has 0 aliphatic heterocycles. The van der Waals surface area contributed by atoms with Gasteiger partial charge in [-0.15, -0.1) is 45.8 Å². The summed E-state index contributed by atoms with van der Waals surface area (Å²) in [4.78, 5) is 0. The predicted molar refractivity (Wildman–Crippen MR) is 108 cm³/mol. The molecule has 0 atom stereocenters. The van der Waals surface area contributed by atoms with E-state index in [1.54, 1.807) is 24.2 Å². The van der Waals surface area contributed by atoms with Gasteiger partial charge in [-0.1, -0.05) is 36.4 Å². The molecule has 4 rings (SSSR count). The van der Waals surface area contributed by atoms with Crippen molar-refractivity contribution in [2.24, 2.45) is 0 Å². The Labute approximate surface area is 194 Å². The quantitative estimate of drug-likeness (QED) is 0.380. The summed E-state index contributed by atoms with van der Waals surface area (Å²) in [6.07, 6.45) is 0. The van der Waals surface area contributed by atoms with Gasteiger partial charge in [-0.05, 0) is 0 Å². The van der Waals surface area contributed by atoms with Crippen LogP contribution in [0, 0.1) is 0 Å². The molecule has 0 aromatic heterocycles. The fourth-order valence-corrected chi connectivity index (χ4v) is 2.52. The van der Waals surface area contributed by atoms with Crippen molar-refractivity contribution in [2.75, 3.05) is 13.2 Å². The average Bonchev–Trinajstić information content (AvgIpc) is 3.27. The van der Waals surface area contributed by atoms with E-state index in [-0.39, 0.29) is 31.4 Å². The number of benzene rings is 2. The summed E-state index contributed by atoms with van der Waals surface area (Å²) in [5.74, 6) is 0.823. The summed E-state index contributed by atoms with van der Waals surface area (Å²) in [6, 6.07) is 26.8. The fraction of sp³-hybridized carbons (Fsp3) is 0.174. The number of ether oxygens (including phenoxy) is 1. The van der Waals surface area contributed by atoms with E-state index in [0.29, 0.717) is 6.61 Å². The van der Waals surface area contributed by atoms with Crippen LogP contribution in [0.25, 0.3) is 21.5 Å². The van der Waals surface area contributed by atoms with E-state index < -0.39 is 0 Å². The zero-order chi connectivity index (χ0) is 18.8. The van der Waals surface area contributed by atoms with Crippen LogP contribution in [0.4, 0.5) is 0 Å². The standard InChI is InChI=1S/C13H9.C7H9O2.C3H6.2ClH.Zr/c1-3-7-12-10(5-1)9-11-6-2-4-8-13(11)12;8-5-6-9-7-3-1-2-4-7;1-3-2;;;/h1-9H;1-4,8H,5-6H2;1-2H3;2*1H;/q2*-1;;;;+2/p-2. The molecule has 0 heterocycles. The first-order valence-electron chi connectivity index (χ1n) is 8.62. The van der Waals surface area contributed by atoms with Gasteiger partial charge in [0.15, 0.2) is 0 Å². The zero-order valence-corrected chi connectivity index (χ0v) is 20.0. The minimum Gasteiger partial charge on any atom is -1.00 e. The topological polar surface area (TPSA) is 29.5 Å². The Morgan fingerprint density at radius 2 is 1.39 bits per heavy atom. The maximum Gasteiger partial charge on any atom is 0.108 e. The van der Waals surface area contributed by atoms with E-state index in [0.717, 1.165) is 5.75 Å². The molecule has 1 N–H and O–H groups in total. The van der Waals surface area contributed by atoms with Crippen LogP contribution < -0.4 is 29.6 Å². The van der Waals surface area contributed by atoms with Crippen molar-refractivity contribution >= 4 is 24.8 Å². The molecule has 0 amide bonds. The van der Waals surface area contributed by atoms with E-state index >= 15 is 0 Å². The summed E-state index contributed by atoms with van der Waals surface area (Å²) in [5.41, 5.74) is 0. The maximum absolute atomic E-state index is 8.34. The minimum atomic E-state index is 0. The molecular weight excluding hydrogens is 470 g/mol. The second-order valence-corrected chi connectivity index (χ2v) is 8.47. The van der Waals surface area contributed by atoms with Crippen LogP contribution in [0.15, 0.2) is 78.9 Å². The molecule has 0 spiro atoms. The third-order valence-corrected chi connectivity index (χ3v) is 3.51. The first-order chi connectivity index (χ1) is 12.6. The monoisotopic (exact) mass is 492 g/mol. The van der Waals surface area contributed by atoms with Gasteiger partial charge in [0.25, 0.3) is 0 Å². The molecule has 0 radical (unpaired) electrons. The van der Waals surface area contributed by atoms with Gasteiger partial charge < -0.3 is 34.7 Å². The third kappa shape index (κ3) is 8.84. The molecule has 0 saturated heterocycles. The Bertz CT molecular complexity index is 876. The van der Waals surface area contributed by atoms with Crippen LogP contribution in [-0.2, 0) is 24.2 Å². The van der Waals surface area contributed by atoms with E-state index in [9.17, 15) is 0 Å². The van der Waals surface area contributed by atoms with Crippen molar-refractivity contribution < 1.29 is 58.9 Å². The van der Waals surface area contributed by atoms with Crippen LogP contribution in [0.5, 0.6) is 5.75 Å². The van der Waals surface area contributed by atoms with Crippen LogP contribution >= 0.6 is 0 Å². The van der Waals surface area contributed by atoms with E-state index in [1.807, 2.05) is 24.3 Å². The molecule has 28 heavy (non-hydrogen) atoms. The Morgan fingerprint density at radius 3 is 1.82 bits per heavy atom. The number of aliphatic hydroxyl groups excluding tert-OH is 1. The van der Waals surface area contributed by atoms with Crippen molar-refractivity contribution in [3.05, 3.63) is 78.9 Å². The summed E-state index contributed by atoms with van der Waals surface area (Å²) in [7, 11) is 0. The van der Waals surface area contributed by atoms with Gasteiger partial charge in [0.05, 0.1) is 6.61 Å². The van der Waals surface area contributed by atoms with Gasteiger partial charge in [-0.25, -0.2) is 6.07 Å². The molecule has 0 aliphatic rings. The molecule has 2 nitrogen and oxygen atoms in total. The molecule has 4 aromatic carbocycles. The van der Waals surface area contributed by atoms with E-state index in [2.05, 4.69) is 68.4 Å². The molecule has 0 saturated carbocycles. The van der Waals surface area contributed by atoms with Gasteiger partial charge in [-0.2, -0.15) is 12.1 Å². The minimum absolute atomic E-state index is 0. The van der Waals surface area contributed by atoms with E-state index in [4.69, 9.17) is 9.84 Å². The Kier molecular flexibility index (Phi) is 14.1. The zero-order valence-electron chi connectivity index (χ0n) is 16.0. The molecular formula is C23H24Cl2O2Zr-2. The second-order valence-electron chi connectivity index (χ2n) is 6.01. The Balaban J connectivity index is 0.000000432. The van der Waals surface area contributed by atoms with Crippen molar-refractivity contribution in [1.82, 2.24) is 0 Å². The van der Waals surface area contributed by atoms with Crippen molar-refractivity contribution in [3.8, 4) is 5.75 Å². The number of aliphatic hydroxyl groups is 1. The van der Waals surface area contributed by atoms with Crippen LogP contribution in [0.1, 0.15) is 13.8 Å². The number of hydrogen-bond donors (Lipinski definition) is 1. The molecule has 148 valence electrons. The molecule has 5 heteroatoms. The molecule has 0 aliphatic carbocycles. The van der Waals surface area contributed by atoms with Gasteiger partial charge in [0.2, 0.25) is 0 Å². The van der Waals surface area contributed by atoms with Gasteiger partial charge in [0, 0.05) is 5.75 Å². The summed E-state index contributed by atoms with van der Waals surface area (Å²) in [5, 5.41) is 13.7. The Morgan fingerprint density at radius 1 is 0.893 bits per heavy atom. The molecule has 0 fully saturated rings. The van der Waals surface area contributed by atoms with Crippen molar-refractivity contribution in [2.45, 2.75) is 13.8 Å². The van der Waals surface area contributed by atoms with Crippen LogP contribution in [0.2, 0.25) is 0 Å². The maximum atomic E-state index is 8.34. The molecule has 0 bridgehead atoms. The fourth-order valence-electron chi connectivity index (χ4n) is 2.52. The van der Waals surface area contributed by atoms with Crippen molar-refractivity contribution in [3.63, 3.8) is 0 Å². The first kappa shape index (κ1) is 26.8. The largest absolute Gasteiger partial charge is 1.00 e. The Hall–Kier alpha value is -1.25. The van der Waals surface area contributed by atoms with Gasteiger partial charge >= 0.3 is 41.3 Å². The van der Waals surface area contributed by atoms with Crippen LogP contribution in [-0.4, -0.2) is 21.5 Å². The predicted octanol–water partition coefficient (Wildman–Crippen LogP) is -0.758. The van der Waals surface area contributed by atoms with Gasteiger partial charge in [0.1, 0.15) is 6.61 Å². The second kappa shape index (κ2) is 14.7. The third-order valence-electron chi connectivity index (χ3n) is 3.51. The number of rotatable bonds is 3. The van der Waals surface area contributed by atoms with Crippen molar-refractivity contribution in [1.29, 1.82) is 0 Å². The van der Waals surface area contributed by atoms with Crippen LogP contribution in [0.3, 0.4) is 0 Å². The number of halogens is 2. The summed E-state index contributed by atoms with van der Waals surface area (Å²) >= 11 is 1.55. The summed E-state index contributed by atoms with van der Waals surface area (Å²) < 4.78 is 6.55. The number of fused-ring (bicyclic) bond motifs is 3. The summed E-state index contributed by atoms with van der Waals surface area (Å²) in [6.45, 7) is 4.70. The van der Waals surface area contributed by atoms with E-state index in [1.165, 1.54) is 24.8 Å². The molecule has 0 unspecified atom stereocenters. The average molecular weight is 495 g/mol. The first-order valence-corrected chi connectivity index (χ1v) is 9.85. The molecule has 4 aromatic rings. The normalized spacial score (nSPS) is 9.18. The van der Waals surface area contributed by atoms with Gasteiger partial charge in [-0.3, -0.25) is 0 Å².